The lowest BCUT2D eigenvalue weighted by molar-refractivity contribution is -0.134. The Labute approximate surface area is 161 Å². The van der Waals surface area contributed by atoms with E-state index in [1.54, 1.807) is 28.0 Å². The number of benzene rings is 1. The molecule has 0 aliphatic carbocycles. The van der Waals surface area contributed by atoms with Crippen LogP contribution in [-0.2, 0) is 9.59 Å². The number of para-hydroxylation sites is 1. The summed E-state index contributed by atoms with van der Waals surface area (Å²) >= 11 is 1.41. The molecule has 1 aliphatic rings. The average molecular weight is 387 g/mol. The fourth-order valence-electron chi connectivity index (χ4n) is 2.72. The van der Waals surface area contributed by atoms with E-state index in [0.29, 0.717) is 36.8 Å². The summed E-state index contributed by atoms with van der Waals surface area (Å²) in [7, 11) is 0. The Bertz CT molecular complexity index is 772. The molecule has 1 aliphatic heterocycles. The van der Waals surface area contributed by atoms with Crippen LogP contribution < -0.4 is 10.1 Å². The molecule has 0 bridgehead atoms. The summed E-state index contributed by atoms with van der Waals surface area (Å²) in [4.78, 5) is 40.5. The van der Waals surface area contributed by atoms with E-state index in [2.05, 4.69) is 5.32 Å². The van der Waals surface area contributed by atoms with Gasteiger partial charge in [0.1, 0.15) is 5.75 Å². The molecule has 2 aromatic rings. The van der Waals surface area contributed by atoms with Crippen LogP contribution in [-0.4, -0.2) is 66.9 Å². The number of rotatable bonds is 6. The smallest absolute Gasteiger partial charge is 0.264 e. The molecular formula is C19H21N3O4S. The van der Waals surface area contributed by atoms with E-state index in [4.69, 9.17) is 4.74 Å². The first-order valence-corrected chi connectivity index (χ1v) is 9.56. The van der Waals surface area contributed by atoms with Gasteiger partial charge in [-0.3, -0.25) is 14.4 Å². The molecule has 0 atom stereocenters. The second-order valence-electron chi connectivity index (χ2n) is 6.03. The van der Waals surface area contributed by atoms with Crippen LogP contribution in [0.1, 0.15) is 9.67 Å². The van der Waals surface area contributed by atoms with E-state index in [1.807, 2.05) is 29.6 Å². The van der Waals surface area contributed by atoms with Crippen LogP contribution in [0.25, 0.3) is 0 Å². The van der Waals surface area contributed by atoms with Gasteiger partial charge in [-0.1, -0.05) is 24.3 Å². The lowest BCUT2D eigenvalue weighted by Gasteiger charge is -2.34. The highest BCUT2D eigenvalue weighted by Crippen LogP contribution is 2.14. The average Bonchev–Trinajstić information content (AvgIpc) is 3.25. The van der Waals surface area contributed by atoms with E-state index in [9.17, 15) is 14.4 Å². The maximum Gasteiger partial charge on any atom is 0.264 e. The Hall–Kier alpha value is -2.87. The number of thiophene rings is 1. The maximum atomic E-state index is 12.3. The van der Waals surface area contributed by atoms with E-state index < -0.39 is 0 Å². The minimum absolute atomic E-state index is 0.00321. The first-order chi connectivity index (χ1) is 13.1. The van der Waals surface area contributed by atoms with Crippen LogP contribution in [0.15, 0.2) is 47.8 Å². The van der Waals surface area contributed by atoms with Crippen molar-refractivity contribution in [3.8, 4) is 5.75 Å². The molecule has 1 fully saturated rings. The molecule has 0 spiro atoms. The molecule has 0 unspecified atom stereocenters. The summed E-state index contributed by atoms with van der Waals surface area (Å²) in [5.74, 6) is 0.0963. The highest BCUT2D eigenvalue weighted by Gasteiger charge is 2.25. The van der Waals surface area contributed by atoms with Gasteiger partial charge in [-0.25, -0.2) is 0 Å². The SMILES string of the molecule is O=C(COc1ccccc1)NCC(=O)N1CCN(C(=O)c2cccs2)CC1. The predicted octanol–water partition coefficient (Wildman–Crippen LogP) is 1.23. The number of nitrogens with zero attached hydrogens (tertiary/aromatic N) is 2. The molecule has 1 aromatic carbocycles. The molecular weight excluding hydrogens is 366 g/mol. The van der Waals surface area contributed by atoms with Gasteiger partial charge >= 0.3 is 0 Å². The van der Waals surface area contributed by atoms with Crippen molar-refractivity contribution in [1.29, 1.82) is 0 Å². The molecule has 3 rings (SSSR count). The molecule has 142 valence electrons. The number of piperazine rings is 1. The molecule has 27 heavy (non-hydrogen) atoms. The summed E-state index contributed by atoms with van der Waals surface area (Å²) in [6, 6.07) is 12.7. The molecule has 0 radical (unpaired) electrons. The van der Waals surface area contributed by atoms with Crippen LogP contribution in [0, 0.1) is 0 Å². The monoisotopic (exact) mass is 387 g/mol. The quantitative estimate of drug-likeness (QED) is 0.809. The second-order valence-corrected chi connectivity index (χ2v) is 6.98. The van der Waals surface area contributed by atoms with E-state index in [1.165, 1.54) is 11.3 Å². The van der Waals surface area contributed by atoms with Crippen molar-refractivity contribution in [3.05, 3.63) is 52.7 Å². The number of carbonyl (C=O) groups excluding carboxylic acids is 3. The topological polar surface area (TPSA) is 79.0 Å². The van der Waals surface area contributed by atoms with Gasteiger partial charge in [0.05, 0.1) is 11.4 Å². The molecule has 3 amide bonds. The van der Waals surface area contributed by atoms with Gasteiger partial charge < -0.3 is 19.9 Å². The fraction of sp³-hybridized carbons (Fsp3) is 0.316. The summed E-state index contributed by atoms with van der Waals surface area (Å²) in [6.45, 7) is 1.70. The van der Waals surface area contributed by atoms with Crippen LogP contribution in [0.2, 0.25) is 0 Å². The Morgan fingerprint density at radius 1 is 0.963 bits per heavy atom. The van der Waals surface area contributed by atoms with Crippen molar-refractivity contribution in [3.63, 3.8) is 0 Å². The third-order valence-corrected chi connectivity index (χ3v) is 5.06. The number of hydrogen-bond donors (Lipinski definition) is 1. The normalized spacial score (nSPS) is 13.9. The maximum absolute atomic E-state index is 12.3. The van der Waals surface area contributed by atoms with Gasteiger partial charge in [-0.05, 0) is 23.6 Å². The zero-order chi connectivity index (χ0) is 19.1. The number of ether oxygens (including phenoxy) is 1. The zero-order valence-electron chi connectivity index (χ0n) is 14.8. The van der Waals surface area contributed by atoms with Crippen molar-refractivity contribution in [2.45, 2.75) is 0 Å². The van der Waals surface area contributed by atoms with Crippen LogP contribution in [0.3, 0.4) is 0 Å². The molecule has 1 N–H and O–H groups in total. The minimum atomic E-state index is -0.348. The van der Waals surface area contributed by atoms with Gasteiger partial charge in [0.15, 0.2) is 6.61 Å². The summed E-state index contributed by atoms with van der Waals surface area (Å²) in [6.07, 6.45) is 0. The lowest BCUT2D eigenvalue weighted by Crippen LogP contribution is -2.52. The van der Waals surface area contributed by atoms with Gasteiger partial charge in [0.25, 0.3) is 11.8 Å². The summed E-state index contributed by atoms with van der Waals surface area (Å²) in [5, 5.41) is 4.44. The van der Waals surface area contributed by atoms with E-state index in [0.717, 1.165) is 0 Å². The van der Waals surface area contributed by atoms with Gasteiger partial charge in [0.2, 0.25) is 5.91 Å². The van der Waals surface area contributed by atoms with Crippen molar-refractivity contribution >= 4 is 29.1 Å². The summed E-state index contributed by atoms with van der Waals surface area (Å²) < 4.78 is 5.34. The van der Waals surface area contributed by atoms with Crippen molar-refractivity contribution in [2.75, 3.05) is 39.3 Å². The standard InChI is InChI=1S/C19H21N3O4S/c23-17(14-26-15-5-2-1-3-6-15)20-13-18(24)21-8-10-22(11-9-21)19(25)16-7-4-12-27-16/h1-7,12H,8-11,13-14H2,(H,20,23). The third kappa shape index (κ3) is 5.30. The highest BCUT2D eigenvalue weighted by atomic mass is 32.1. The van der Waals surface area contributed by atoms with E-state index >= 15 is 0 Å². The second kappa shape index (κ2) is 9.18. The number of amides is 3. The molecule has 1 aromatic heterocycles. The Kier molecular flexibility index (Phi) is 6.43. The largest absolute Gasteiger partial charge is 0.484 e. The highest BCUT2D eigenvalue weighted by molar-refractivity contribution is 7.12. The third-order valence-electron chi connectivity index (χ3n) is 4.20. The van der Waals surface area contributed by atoms with Gasteiger partial charge in [-0.15, -0.1) is 11.3 Å². The molecule has 2 heterocycles. The molecule has 7 nitrogen and oxygen atoms in total. The molecule has 1 saturated heterocycles. The minimum Gasteiger partial charge on any atom is -0.484 e. The van der Waals surface area contributed by atoms with Crippen molar-refractivity contribution in [1.82, 2.24) is 15.1 Å². The van der Waals surface area contributed by atoms with Crippen molar-refractivity contribution in [2.24, 2.45) is 0 Å². The van der Waals surface area contributed by atoms with Crippen LogP contribution in [0.5, 0.6) is 5.75 Å². The Balaban J connectivity index is 1.37. The lowest BCUT2D eigenvalue weighted by atomic mass is 10.3. The van der Waals surface area contributed by atoms with Crippen molar-refractivity contribution < 1.29 is 19.1 Å². The number of carbonyl (C=O) groups is 3. The van der Waals surface area contributed by atoms with Gasteiger partial charge in [-0.2, -0.15) is 0 Å². The first kappa shape index (κ1) is 18.9. The Morgan fingerprint density at radius 2 is 1.67 bits per heavy atom. The van der Waals surface area contributed by atoms with Crippen LogP contribution in [0.4, 0.5) is 0 Å². The summed E-state index contributed by atoms with van der Waals surface area (Å²) in [5.41, 5.74) is 0. The predicted molar refractivity (Wildman–Crippen MR) is 102 cm³/mol. The molecule has 8 heteroatoms. The molecule has 0 saturated carbocycles. The first-order valence-electron chi connectivity index (χ1n) is 8.68. The number of hydrogen-bond acceptors (Lipinski definition) is 5. The van der Waals surface area contributed by atoms with E-state index in [-0.39, 0.29) is 30.9 Å². The zero-order valence-corrected chi connectivity index (χ0v) is 15.6. The fourth-order valence-corrected chi connectivity index (χ4v) is 3.41. The van der Waals surface area contributed by atoms with Gasteiger partial charge in [0, 0.05) is 26.2 Å². The number of nitrogens with one attached hydrogen (secondary N) is 1. The van der Waals surface area contributed by atoms with Crippen LogP contribution >= 0.6 is 11.3 Å². The Morgan fingerprint density at radius 3 is 2.33 bits per heavy atom.